The number of thiophene rings is 1. The molecule has 8 heteroatoms. The molecule has 1 amide bonds. The Morgan fingerprint density at radius 1 is 1.33 bits per heavy atom. The summed E-state index contributed by atoms with van der Waals surface area (Å²) in [6.07, 6.45) is 0. The Kier molecular flexibility index (Phi) is 5.61. The molecule has 5 nitrogen and oxygen atoms in total. The average molecular weight is 401 g/mol. The molecule has 0 radical (unpaired) electrons. The lowest BCUT2D eigenvalue weighted by molar-refractivity contribution is -0.142. The summed E-state index contributed by atoms with van der Waals surface area (Å²) in [6.45, 7) is -0.244. The van der Waals surface area contributed by atoms with Crippen LogP contribution in [0.15, 0.2) is 8.26 Å². The first-order chi connectivity index (χ1) is 8.38. The van der Waals surface area contributed by atoms with Gasteiger partial charge in [0.05, 0.1) is 15.4 Å². The molecule has 0 saturated carbocycles. The van der Waals surface area contributed by atoms with Crippen molar-refractivity contribution in [3.63, 3.8) is 0 Å². The first-order valence-electron chi connectivity index (χ1n) is 4.77. The van der Waals surface area contributed by atoms with Gasteiger partial charge in [-0.1, -0.05) is 0 Å². The van der Waals surface area contributed by atoms with Crippen LogP contribution in [-0.4, -0.2) is 44.6 Å². The van der Waals surface area contributed by atoms with E-state index < -0.39 is 5.97 Å². The minimum absolute atomic E-state index is 0.189. The van der Waals surface area contributed by atoms with Crippen molar-refractivity contribution in [3.8, 4) is 5.75 Å². The first-order valence-corrected chi connectivity index (χ1v) is 7.17. The van der Waals surface area contributed by atoms with E-state index in [1.807, 2.05) is 0 Å². The lowest BCUT2D eigenvalue weighted by Gasteiger charge is -2.11. The maximum absolute atomic E-state index is 11.9. The van der Waals surface area contributed by atoms with Crippen molar-refractivity contribution in [2.75, 3.05) is 27.8 Å². The van der Waals surface area contributed by atoms with E-state index >= 15 is 0 Å². The third-order valence-corrected chi connectivity index (χ3v) is 5.31. The summed E-state index contributed by atoms with van der Waals surface area (Å²) >= 11 is 7.86. The van der Waals surface area contributed by atoms with Crippen LogP contribution in [0.2, 0.25) is 0 Å². The number of amides is 1. The molecule has 0 aliphatic carbocycles. The summed E-state index contributed by atoms with van der Waals surface area (Å²) in [4.78, 5) is 24.9. The van der Waals surface area contributed by atoms with Crippen molar-refractivity contribution in [2.24, 2.45) is 0 Å². The minimum Gasteiger partial charge on any atom is -0.479 e. The van der Waals surface area contributed by atoms with E-state index in [1.165, 1.54) is 23.3 Å². The maximum Gasteiger partial charge on any atom is 0.343 e. The number of hydrogen-bond acceptors (Lipinski definition) is 5. The van der Waals surface area contributed by atoms with Crippen LogP contribution in [0, 0.1) is 0 Å². The van der Waals surface area contributed by atoms with Crippen LogP contribution in [0.3, 0.4) is 0 Å². The number of methoxy groups -OCH3 is 1. The van der Waals surface area contributed by atoms with Gasteiger partial charge in [0.25, 0.3) is 5.91 Å². The molecule has 0 atom stereocenters. The van der Waals surface area contributed by atoms with E-state index in [1.54, 1.807) is 14.1 Å². The molecule has 0 saturated heterocycles. The lowest BCUT2D eigenvalue weighted by Crippen LogP contribution is -2.22. The molecule has 0 aliphatic rings. The third-order valence-electron chi connectivity index (χ3n) is 1.93. The number of carbonyl (C=O) groups excluding carboxylic acids is 2. The van der Waals surface area contributed by atoms with E-state index in [-0.39, 0.29) is 12.5 Å². The zero-order valence-corrected chi connectivity index (χ0v) is 13.9. The van der Waals surface area contributed by atoms with Gasteiger partial charge in [-0.05, 0) is 31.9 Å². The highest BCUT2D eigenvalue weighted by Gasteiger charge is 2.24. The van der Waals surface area contributed by atoms with Crippen LogP contribution in [0.5, 0.6) is 5.75 Å². The molecule has 0 aromatic carbocycles. The molecule has 1 heterocycles. The van der Waals surface area contributed by atoms with Crippen molar-refractivity contribution < 1.29 is 19.1 Å². The summed E-state index contributed by atoms with van der Waals surface area (Å²) in [5.74, 6) is -0.352. The maximum atomic E-state index is 11.9. The predicted octanol–water partition coefficient (Wildman–Crippen LogP) is 2.53. The number of rotatable bonds is 4. The highest BCUT2D eigenvalue weighted by atomic mass is 79.9. The monoisotopic (exact) mass is 399 g/mol. The largest absolute Gasteiger partial charge is 0.479 e. The molecule has 1 aromatic heterocycles. The van der Waals surface area contributed by atoms with Gasteiger partial charge in [0.1, 0.15) is 4.88 Å². The second-order valence-corrected chi connectivity index (χ2v) is 6.54. The molecular formula is C10H11Br2NO4S. The van der Waals surface area contributed by atoms with E-state index in [9.17, 15) is 9.59 Å². The second kappa shape index (κ2) is 6.53. The van der Waals surface area contributed by atoms with Crippen molar-refractivity contribution in [2.45, 2.75) is 0 Å². The highest BCUT2D eigenvalue weighted by molar-refractivity contribution is 9.13. The van der Waals surface area contributed by atoms with E-state index in [0.717, 1.165) is 3.79 Å². The van der Waals surface area contributed by atoms with Crippen LogP contribution >= 0.6 is 43.2 Å². The summed E-state index contributed by atoms with van der Waals surface area (Å²) in [5.41, 5.74) is 0. The summed E-state index contributed by atoms with van der Waals surface area (Å²) in [5, 5.41) is 0. The number of esters is 1. The van der Waals surface area contributed by atoms with Gasteiger partial charge >= 0.3 is 5.97 Å². The Bertz CT molecular complexity index is 473. The molecule has 1 rings (SSSR count). The topological polar surface area (TPSA) is 55.8 Å². The van der Waals surface area contributed by atoms with Crippen molar-refractivity contribution in [1.29, 1.82) is 0 Å². The first kappa shape index (κ1) is 15.5. The normalized spacial score (nSPS) is 10.1. The molecular weight excluding hydrogens is 390 g/mol. The van der Waals surface area contributed by atoms with Gasteiger partial charge < -0.3 is 14.4 Å². The smallest absolute Gasteiger partial charge is 0.343 e. The predicted molar refractivity (Wildman–Crippen MR) is 75.2 cm³/mol. The molecule has 0 unspecified atom stereocenters. The number of halogens is 2. The molecule has 0 bridgehead atoms. The van der Waals surface area contributed by atoms with Gasteiger partial charge in [-0.3, -0.25) is 4.79 Å². The number of ether oxygens (including phenoxy) is 2. The van der Waals surface area contributed by atoms with Crippen LogP contribution in [0.4, 0.5) is 0 Å². The SMILES string of the molecule is COC(=O)COc1c(C(=O)N(C)C)sc(Br)c1Br. The fraction of sp³-hybridized carbons (Fsp3) is 0.400. The fourth-order valence-electron chi connectivity index (χ4n) is 1.03. The Hall–Kier alpha value is -0.600. The molecule has 0 fully saturated rings. The minimum atomic E-state index is -0.507. The standard InChI is InChI=1S/C10H11Br2NO4S/c1-13(2)10(15)8-7(6(11)9(12)18-8)17-4-5(14)16-3/h4H2,1-3H3. The van der Waals surface area contributed by atoms with Crippen molar-refractivity contribution in [1.82, 2.24) is 4.90 Å². The van der Waals surface area contributed by atoms with Gasteiger partial charge in [-0.2, -0.15) is 0 Å². The number of hydrogen-bond donors (Lipinski definition) is 0. The van der Waals surface area contributed by atoms with Crippen molar-refractivity contribution in [3.05, 3.63) is 13.1 Å². The molecule has 0 aliphatic heterocycles. The zero-order valence-electron chi connectivity index (χ0n) is 9.95. The third kappa shape index (κ3) is 3.46. The molecule has 0 spiro atoms. The molecule has 0 N–H and O–H groups in total. The average Bonchev–Trinajstić information content (AvgIpc) is 2.61. The van der Waals surface area contributed by atoms with E-state index in [4.69, 9.17) is 4.74 Å². The van der Waals surface area contributed by atoms with Crippen LogP contribution < -0.4 is 4.74 Å². The number of nitrogens with zero attached hydrogens (tertiary/aromatic N) is 1. The quantitative estimate of drug-likeness (QED) is 0.728. The molecule has 100 valence electrons. The Morgan fingerprint density at radius 2 is 1.94 bits per heavy atom. The van der Waals surface area contributed by atoms with Gasteiger partial charge in [0, 0.05) is 14.1 Å². The van der Waals surface area contributed by atoms with Crippen LogP contribution in [0.1, 0.15) is 9.67 Å². The zero-order chi connectivity index (χ0) is 13.9. The van der Waals surface area contributed by atoms with E-state index in [2.05, 4.69) is 36.6 Å². The Labute approximate surface area is 125 Å². The summed E-state index contributed by atoms with van der Waals surface area (Å²) in [7, 11) is 4.57. The highest BCUT2D eigenvalue weighted by Crippen LogP contribution is 2.43. The van der Waals surface area contributed by atoms with Gasteiger partial charge in [0.2, 0.25) is 0 Å². The summed E-state index contributed by atoms with van der Waals surface area (Å²) < 4.78 is 11.1. The Balaban J connectivity index is 3.01. The Morgan fingerprint density at radius 3 is 2.44 bits per heavy atom. The van der Waals surface area contributed by atoms with Gasteiger partial charge in [-0.25, -0.2) is 4.79 Å². The van der Waals surface area contributed by atoms with E-state index in [0.29, 0.717) is 15.1 Å². The van der Waals surface area contributed by atoms with Gasteiger partial charge in [0.15, 0.2) is 12.4 Å². The molecule has 18 heavy (non-hydrogen) atoms. The lowest BCUT2D eigenvalue weighted by atomic mass is 10.4. The van der Waals surface area contributed by atoms with Crippen LogP contribution in [-0.2, 0) is 9.53 Å². The van der Waals surface area contributed by atoms with Crippen molar-refractivity contribution >= 4 is 55.1 Å². The second-order valence-electron chi connectivity index (χ2n) is 3.41. The number of carbonyl (C=O) groups is 2. The molecule has 1 aromatic rings. The van der Waals surface area contributed by atoms with Gasteiger partial charge in [-0.15, -0.1) is 11.3 Å². The van der Waals surface area contributed by atoms with Crippen LogP contribution in [0.25, 0.3) is 0 Å². The fourth-order valence-corrected chi connectivity index (χ4v) is 3.27. The summed E-state index contributed by atoms with van der Waals surface area (Å²) in [6, 6.07) is 0.